The fraction of sp³-hybridized carbons (Fsp3) is 0.211. The lowest BCUT2D eigenvalue weighted by molar-refractivity contribution is -0.125. The second-order valence-electron chi connectivity index (χ2n) is 5.98. The first-order chi connectivity index (χ1) is 14.0. The van der Waals surface area contributed by atoms with E-state index in [1.54, 1.807) is 41.8 Å². The number of aryl methyl sites for hydroxylation is 1. The number of esters is 1. The zero-order valence-electron chi connectivity index (χ0n) is 15.5. The Morgan fingerprint density at radius 3 is 2.55 bits per heavy atom. The highest BCUT2D eigenvalue weighted by molar-refractivity contribution is 7.12. The molecule has 9 nitrogen and oxygen atoms in total. The molecule has 0 saturated heterocycles. The van der Waals surface area contributed by atoms with Crippen molar-refractivity contribution in [2.45, 2.75) is 19.9 Å². The molecule has 0 unspecified atom stereocenters. The van der Waals surface area contributed by atoms with Gasteiger partial charge in [-0.15, -0.1) is 11.3 Å². The number of nitrogens with one attached hydrogen (secondary N) is 2. The number of thiophene rings is 1. The van der Waals surface area contributed by atoms with Crippen molar-refractivity contribution in [3.8, 4) is 0 Å². The topological polar surface area (TPSA) is 119 Å². The smallest absolute Gasteiger partial charge is 0.359 e. The number of rotatable bonds is 6. The molecule has 0 spiro atoms. The van der Waals surface area contributed by atoms with Crippen molar-refractivity contribution in [3.63, 3.8) is 0 Å². The summed E-state index contributed by atoms with van der Waals surface area (Å²) in [5.74, 6) is -2.03. The summed E-state index contributed by atoms with van der Waals surface area (Å²) in [6.07, 6.45) is 0.659. The summed E-state index contributed by atoms with van der Waals surface area (Å²) in [6.45, 7) is 1.61. The zero-order valence-corrected chi connectivity index (χ0v) is 16.3. The van der Waals surface area contributed by atoms with Gasteiger partial charge in [0, 0.05) is 11.9 Å². The minimum absolute atomic E-state index is 0.0518. The van der Waals surface area contributed by atoms with Crippen LogP contribution in [-0.2, 0) is 16.1 Å². The van der Waals surface area contributed by atoms with Crippen LogP contribution in [0, 0.1) is 0 Å². The number of hydrogen-bond acceptors (Lipinski definition) is 7. The minimum atomic E-state index is -0.842. The number of hydrazine groups is 1. The van der Waals surface area contributed by atoms with E-state index in [1.165, 1.54) is 16.0 Å². The average molecular weight is 414 g/mol. The summed E-state index contributed by atoms with van der Waals surface area (Å²) in [4.78, 5) is 49.0. The molecule has 0 aliphatic rings. The van der Waals surface area contributed by atoms with E-state index >= 15 is 0 Å². The molecule has 0 fully saturated rings. The van der Waals surface area contributed by atoms with E-state index in [1.807, 2.05) is 6.92 Å². The molecular formula is C19H18N4O5S. The number of benzene rings is 1. The number of hydrogen-bond donors (Lipinski definition) is 2. The molecule has 0 saturated carbocycles. The number of carbonyl (C=O) groups excluding carboxylic acids is 3. The van der Waals surface area contributed by atoms with E-state index in [0.717, 1.165) is 0 Å². The fourth-order valence-electron chi connectivity index (χ4n) is 2.58. The quantitative estimate of drug-likeness (QED) is 0.466. The summed E-state index contributed by atoms with van der Waals surface area (Å²) in [7, 11) is 0. The van der Waals surface area contributed by atoms with Crippen LogP contribution in [0.5, 0.6) is 0 Å². The molecule has 3 aromatic rings. The van der Waals surface area contributed by atoms with Crippen LogP contribution in [0.1, 0.15) is 33.5 Å². The molecule has 10 heteroatoms. The first-order valence-corrected chi connectivity index (χ1v) is 9.69. The first kappa shape index (κ1) is 20.2. The molecular weight excluding hydrogens is 396 g/mol. The molecule has 2 N–H and O–H groups in total. The third kappa shape index (κ3) is 4.66. The summed E-state index contributed by atoms with van der Waals surface area (Å²) < 4.78 is 6.23. The predicted molar refractivity (Wildman–Crippen MR) is 107 cm³/mol. The van der Waals surface area contributed by atoms with Crippen LogP contribution in [0.15, 0.2) is 46.6 Å². The Morgan fingerprint density at radius 2 is 1.86 bits per heavy atom. The highest BCUT2D eigenvalue weighted by Gasteiger charge is 2.19. The van der Waals surface area contributed by atoms with Gasteiger partial charge in [-0.05, 0) is 23.9 Å². The first-order valence-electron chi connectivity index (χ1n) is 8.81. The van der Waals surface area contributed by atoms with Crippen molar-refractivity contribution in [2.75, 3.05) is 6.61 Å². The van der Waals surface area contributed by atoms with Gasteiger partial charge in [0.25, 0.3) is 17.4 Å². The van der Waals surface area contributed by atoms with Gasteiger partial charge in [0.2, 0.25) is 0 Å². The van der Waals surface area contributed by atoms with E-state index < -0.39 is 24.4 Å². The van der Waals surface area contributed by atoms with Crippen molar-refractivity contribution in [2.24, 2.45) is 0 Å². The van der Waals surface area contributed by atoms with Crippen molar-refractivity contribution in [1.82, 2.24) is 20.6 Å². The maximum absolute atomic E-state index is 12.5. The standard InChI is InChI=1S/C19H18N4O5S/c1-2-9-23-18(26)13-7-4-3-6-12(13)16(22-23)19(27)28-11-15(24)20-21-17(25)14-8-5-10-29-14/h3-8,10H,2,9,11H2,1H3,(H,20,24)(H,21,25). The Bertz CT molecular complexity index is 1110. The second kappa shape index (κ2) is 9.11. The lowest BCUT2D eigenvalue weighted by Crippen LogP contribution is -2.43. The van der Waals surface area contributed by atoms with Crippen LogP contribution in [0.25, 0.3) is 10.8 Å². The van der Waals surface area contributed by atoms with Gasteiger partial charge in [-0.2, -0.15) is 5.10 Å². The van der Waals surface area contributed by atoms with Crippen LogP contribution in [0.4, 0.5) is 0 Å². The molecule has 0 radical (unpaired) electrons. The van der Waals surface area contributed by atoms with E-state index in [2.05, 4.69) is 16.0 Å². The summed E-state index contributed by atoms with van der Waals surface area (Å²) in [5, 5.41) is 6.53. The number of aromatic nitrogens is 2. The molecule has 0 aliphatic heterocycles. The van der Waals surface area contributed by atoms with E-state index in [-0.39, 0.29) is 11.3 Å². The van der Waals surface area contributed by atoms with Crippen LogP contribution in [0.3, 0.4) is 0 Å². The van der Waals surface area contributed by atoms with Crippen molar-refractivity contribution < 1.29 is 19.1 Å². The Balaban J connectivity index is 1.68. The summed E-state index contributed by atoms with van der Waals surface area (Å²) in [6, 6.07) is 9.88. The summed E-state index contributed by atoms with van der Waals surface area (Å²) in [5.41, 5.74) is 4.05. The average Bonchev–Trinajstić information content (AvgIpc) is 3.27. The highest BCUT2D eigenvalue weighted by atomic mass is 32.1. The third-order valence-corrected chi connectivity index (χ3v) is 4.76. The van der Waals surface area contributed by atoms with E-state index in [9.17, 15) is 19.2 Å². The van der Waals surface area contributed by atoms with Crippen LogP contribution in [0.2, 0.25) is 0 Å². The zero-order chi connectivity index (χ0) is 20.8. The number of nitrogens with zero attached hydrogens (tertiary/aromatic N) is 2. The molecule has 29 heavy (non-hydrogen) atoms. The van der Waals surface area contributed by atoms with Crippen LogP contribution in [-0.4, -0.2) is 34.2 Å². The SMILES string of the molecule is CCCn1nc(C(=O)OCC(=O)NNC(=O)c2cccs2)c2ccccc2c1=O. The second-order valence-corrected chi connectivity index (χ2v) is 6.93. The van der Waals surface area contributed by atoms with Gasteiger partial charge in [-0.1, -0.05) is 31.2 Å². The molecule has 1 aromatic carbocycles. The molecule has 0 aliphatic carbocycles. The van der Waals surface area contributed by atoms with Crippen molar-refractivity contribution in [1.29, 1.82) is 0 Å². The number of amides is 2. The van der Waals surface area contributed by atoms with Gasteiger partial charge >= 0.3 is 5.97 Å². The largest absolute Gasteiger partial charge is 0.451 e. The third-order valence-electron chi connectivity index (χ3n) is 3.89. The van der Waals surface area contributed by atoms with E-state index in [4.69, 9.17) is 4.74 Å². The molecule has 150 valence electrons. The Morgan fingerprint density at radius 1 is 1.10 bits per heavy atom. The highest BCUT2D eigenvalue weighted by Crippen LogP contribution is 2.14. The van der Waals surface area contributed by atoms with Crippen LogP contribution >= 0.6 is 11.3 Å². The van der Waals surface area contributed by atoms with Gasteiger partial charge in [0.1, 0.15) is 0 Å². The number of carbonyl (C=O) groups is 3. The normalized spacial score (nSPS) is 10.5. The lowest BCUT2D eigenvalue weighted by Gasteiger charge is -2.10. The molecule has 2 aromatic heterocycles. The molecule has 3 rings (SSSR count). The maximum Gasteiger partial charge on any atom is 0.359 e. The molecule has 2 amide bonds. The minimum Gasteiger partial charge on any atom is -0.451 e. The monoisotopic (exact) mass is 414 g/mol. The fourth-order valence-corrected chi connectivity index (χ4v) is 3.20. The Labute approximate surface area is 169 Å². The van der Waals surface area contributed by atoms with Crippen LogP contribution < -0.4 is 16.4 Å². The summed E-state index contributed by atoms with van der Waals surface area (Å²) >= 11 is 1.22. The maximum atomic E-state index is 12.5. The van der Waals surface area contributed by atoms with Gasteiger partial charge in [0.15, 0.2) is 12.3 Å². The predicted octanol–water partition coefficient (Wildman–Crippen LogP) is 1.49. The Kier molecular flexibility index (Phi) is 6.35. The number of ether oxygens (including phenoxy) is 1. The van der Waals surface area contributed by atoms with Gasteiger partial charge in [0.05, 0.1) is 10.3 Å². The van der Waals surface area contributed by atoms with Gasteiger partial charge < -0.3 is 4.74 Å². The van der Waals surface area contributed by atoms with Gasteiger partial charge in [-0.3, -0.25) is 25.2 Å². The van der Waals surface area contributed by atoms with Crippen molar-refractivity contribution >= 4 is 39.9 Å². The molecule has 0 atom stereocenters. The molecule has 0 bridgehead atoms. The lowest BCUT2D eigenvalue weighted by atomic mass is 10.1. The number of fused-ring (bicyclic) bond motifs is 1. The molecule has 2 heterocycles. The Hall–Kier alpha value is -3.53. The van der Waals surface area contributed by atoms with E-state index in [0.29, 0.717) is 28.6 Å². The van der Waals surface area contributed by atoms with Crippen molar-refractivity contribution in [3.05, 3.63) is 62.7 Å². The van der Waals surface area contributed by atoms with Gasteiger partial charge in [-0.25, -0.2) is 9.48 Å².